The van der Waals surface area contributed by atoms with E-state index in [1.165, 1.54) is 31.3 Å². The van der Waals surface area contributed by atoms with Crippen LogP contribution in [0.3, 0.4) is 0 Å². The second kappa shape index (κ2) is 6.43. The van der Waals surface area contributed by atoms with Crippen molar-refractivity contribution in [2.24, 2.45) is 11.3 Å². The molecule has 0 aromatic heterocycles. The molecule has 0 amide bonds. The summed E-state index contributed by atoms with van der Waals surface area (Å²) in [6.45, 7) is 7.06. The van der Waals surface area contributed by atoms with E-state index in [1.807, 2.05) is 6.20 Å². The number of hydrogen-bond donors (Lipinski definition) is 1. The van der Waals surface area contributed by atoms with Crippen LogP contribution in [0.5, 0.6) is 0 Å². The quantitative estimate of drug-likeness (QED) is 0.769. The first-order valence-electron chi connectivity index (χ1n) is 7.82. The van der Waals surface area contributed by atoms with Crippen molar-refractivity contribution in [3.8, 4) is 12.3 Å². The van der Waals surface area contributed by atoms with Crippen LogP contribution >= 0.6 is 0 Å². The van der Waals surface area contributed by atoms with Gasteiger partial charge in [-0.1, -0.05) is 38.3 Å². The van der Waals surface area contributed by atoms with Crippen LogP contribution in [0.4, 0.5) is 0 Å². The number of hydrogen-bond acceptors (Lipinski definition) is 2. The summed E-state index contributed by atoms with van der Waals surface area (Å²) < 4.78 is 5.50. The van der Waals surface area contributed by atoms with Crippen LogP contribution in [0.2, 0.25) is 0 Å². The molecular formula is C19H27NO. The molecule has 0 bridgehead atoms. The highest BCUT2D eigenvalue weighted by Gasteiger charge is 2.27. The molecule has 0 aromatic carbocycles. The fraction of sp³-hybridized carbons (Fsp3) is 0.579. The molecule has 1 saturated carbocycles. The summed E-state index contributed by atoms with van der Waals surface area (Å²) in [5.41, 5.74) is 3.05. The van der Waals surface area contributed by atoms with Gasteiger partial charge in [0.05, 0.1) is 7.11 Å². The molecule has 2 aliphatic rings. The average Bonchev–Trinajstić information content (AvgIpc) is 2.46. The van der Waals surface area contributed by atoms with Gasteiger partial charge in [0, 0.05) is 5.57 Å². The van der Waals surface area contributed by atoms with Gasteiger partial charge in [0.1, 0.15) is 11.8 Å². The first-order valence-corrected chi connectivity index (χ1v) is 7.82. The summed E-state index contributed by atoms with van der Waals surface area (Å²) in [5, 5.41) is 3.14. The Morgan fingerprint density at radius 3 is 2.52 bits per heavy atom. The van der Waals surface area contributed by atoms with Gasteiger partial charge >= 0.3 is 0 Å². The van der Waals surface area contributed by atoms with Crippen LogP contribution in [-0.2, 0) is 4.74 Å². The van der Waals surface area contributed by atoms with Crippen molar-refractivity contribution in [3.05, 3.63) is 35.3 Å². The first-order chi connectivity index (χ1) is 9.95. The van der Waals surface area contributed by atoms with E-state index < -0.39 is 0 Å². The summed E-state index contributed by atoms with van der Waals surface area (Å²) in [6.07, 6.45) is 16.7. The largest absolute Gasteiger partial charge is 0.497 e. The molecule has 1 heterocycles. The number of methoxy groups -OCH3 is 1. The third kappa shape index (κ3) is 3.73. The normalized spacial score (nSPS) is 26.1. The predicted octanol–water partition coefficient (Wildman–Crippen LogP) is 4.17. The van der Waals surface area contributed by atoms with E-state index in [4.69, 9.17) is 11.2 Å². The molecule has 0 saturated heterocycles. The van der Waals surface area contributed by atoms with Gasteiger partial charge in [-0.2, -0.15) is 0 Å². The van der Waals surface area contributed by atoms with Crippen molar-refractivity contribution >= 4 is 0 Å². The summed E-state index contributed by atoms with van der Waals surface area (Å²) >= 11 is 0. The number of allylic oxidation sites excluding steroid dienone is 4. The zero-order valence-corrected chi connectivity index (χ0v) is 13.7. The predicted molar refractivity (Wildman–Crippen MR) is 88.4 cm³/mol. The van der Waals surface area contributed by atoms with E-state index in [2.05, 4.69) is 44.2 Å². The van der Waals surface area contributed by atoms with Crippen molar-refractivity contribution < 1.29 is 4.74 Å². The van der Waals surface area contributed by atoms with Crippen molar-refractivity contribution in [2.45, 2.75) is 52.5 Å². The number of rotatable bonds is 2. The van der Waals surface area contributed by atoms with Crippen LogP contribution in [0.25, 0.3) is 0 Å². The Balaban J connectivity index is 2.12. The molecule has 1 unspecified atom stereocenters. The van der Waals surface area contributed by atoms with Gasteiger partial charge in [0.2, 0.25) is 0 Å². The minimum atomic E-state index is -0.155. The molecule has 2 heteroatoms. The molecule has 2 nitrogen and oxygen atoms in total. The van der Waals surface area contributed by atoms with Crippen molar-refractivity contribution in [1.29, 1.82) is 0 Å². The second-order valence-electron chi connectivity index (χ2n) is 7.07. The number of terminal acetylenes is 1. The van der Waals surface area contributed by atoms with E-state index in [0.717, 1.165) is 17.3 Å². The second-order valence-corrected chi connectivity index (χ2v) is 7.07. The highest BCUT2D eigenvalue weighted by atomic mass is 16.5. The number of ether oxygens (including phenoxy) is 1. The Labute approximate surface area is 129 Å². The van der Waals surface area contributed by atoms with Gasteiger partial charge in [-0.25, -0.2) is 0 Å². The molecule has 2 rings (SSSR count). The lowest BCUT2D eigenvalue weighted by atomic mass is 9.71. The lowest BCUT2D eigenvalue weighted by molar-refractivity contribution is 0.197. The van der Waals surface area contributed by atoms with Crippen molar-refractivity contribution in [1.82, 2.24) is 5.32 Å². The van der Waals surface area contributed by atoms with E-state index in [1.54, 1.807) is 7.11 Å². The molecule has 1 fully saturated rings. The van der Waals surface area contributed by atoms with Gasteiger partial charge < -0.3 is 10.1 Å². The maximum Gasteiger partial charge on any atom is 0.146 e. The smallest absolute Gasteiger partial charge is 0.146 e. The minimum absolute atomic E-state index is 0.155. The van der Waals surface area contributed by atoms with Crippen LogP contribution in [0.15, 0.2) is 35.3 Å². The zero-order chi connectivity index (χ0) is 15.5. The van der Waals surface area contributed by atoms with Crippen molar-refractivity contribution in [3.63, 3.8) is 0 Å². The van der Waals surface area contributed by atoms with E-state index in [0.29, 0.717) is 5.41 Å². The molecular weight excluding hydrogens is 258 g/mol. The summed E-state index contributed by atoms with van der Waals surface area (Å²) in [6, 6.07) is -0.155. The maximum absolute atomic E-state index is 5.55. The molecule has 0 aromatic rings. The lowest BCUT2D eigenvalue weighted by Gasteiger charge is -2.35. The first kappa shape index (κ1) is 15.8. The molecule has 0 spiro atoms. The Bertz CT molecular complexity index is 501. The average molecular weight is 285 g/mol. The third-order valence-corrected chi connectivity index (χ3v) is 4.67. The van der Waals surface area contributed by atoms with Crippen molar-refractivity contribution in [2.75, 3.05) is 7.11 Å². The molecule has 1 N–H and O–H groups in total. The molecule has 114 valence electrons. The molecule has 1 atom stereocenters. The van der Waals surface area contributed by atoms with E-state index >= 15 is 0 Å². The Hall–Kier alpha value is -1.62. The van der Waals surface area contributed by atoms with Gasteiger partial charge in [-0.3, -0.25) is 0 Å². The van der Waals surface area contributed by atoms with Crippen LogP contribution in [-0.4, -0.2) is 13.2 Å². The fourth-order valence-corrected chi connectivity index (χ4v) is 3.26. The molecule has 1 aliphatic heterocycles. The van der Waals surface area contributed by atoms with Gasteiger partial charge in [-0.15, -0.1) is 6.42 Å². The third-order valence-electron chi connectivity index (χ3n) is 4.67. The highest BCUT2D eigenvalue weighted by molar-refractivity contribution is 5.43. The lowest BCUT2D eigenvalue weighted by Crippen LogP contribution is -2.29. The highest BCUT2D eigenvalue weighted by Crippen LogP contribution is 2.40. The molecule has 0 radical (unpaired) electrons. The van der Waals surface area contributed by atoms with Gasteiger partial charge in [-0.05, 0) is 49.3 Å². The fourth-order valence-electron chi connectivity index (χ4n) is 3.26. The molecule has 1 aliphatic carbocycles. The van der Waals surface area contributed by atoms with E-state index in [9.17, 15) is 0 Å². The Kier molecular flexibility index (Phi) is 4.83. The number of dihydropyridines is 1. The molecule has 21 heavy (non-hydrogen) atoms. The topological polar surface area (TPSA) is 21.3 Å². The monoisotopic (exact) mass is 285 g/mol. The van der Waals surface area contributed by atoms with Crippen LogP contribution in [0, 0.1) is 23.7 Å². The van der Waals surface area contributed by atoms with Crippen LogP contribution in [0.1, 0.15) is 46.5 Å². The van der Waals surface area contributed by atoms with Crippen LogP contribution < -0.4 is 5.32 Å². The zero-order valence-electron chi connectivity index (χ0n) is 13.7. The van der Waals surface area contributed by atoms with Gasteiger partial charge in [0.25, 0.3) is 0 Å². The summed E-state index contributed by atoms with van der Waals surface area (Å²) in [4.78, 5) is 0. The maximum atomic E-state index is 5.55. The minimum Gasteiger partial charge on any atom is -0.497 e. The Morgan fingerprint density at radius 2 is 2.00 bits per heavy atom. The van der Waals surface area contributed by atoms with Gasteiger partial charge in [0.15, 0.2) is 0 Å². The Morgan fingerprint density at radius 1 is 1.33 bits per heavy atom. The summed E-state index contributed by atoms with van der Waals surface area (Å²) in [5.74, 6) is 4.40. The number of nitrogens with one attached hydrogen (secondary N) is 1. The summed E-state index contributed by atoms with van der Waals surface area (Å²) in [7, 11) is 1.69. The van der Waals surface area contributed by atoms with E-state index in [-0.39, 0.29) is 6.04 Å². The standard InChI is InChI=1S/C19H27NO/c1-6-17-18(21-5)15(11-12-20-17)13-14-7-9-16(10-8-14)19(2,3)4/h1,11-13,16-17,20H,7-10H2,2-5H3. The SMILES string of the molecule is C#CC1NC=CC(C=C2CCC(C(C)(C)C)CC2)=C1OC.